The van der Waals surface area contributed by atoms with Crippen LogP contribution in [0.15, 0.2) is 24.5 Å². The minimum Gasteiger partial charge on any atom is -0.344 e. The third kappa shape index (κ3) is 1.48. The molecule has 14 heavy (non-hydrogen) atoms. The van der Waals surface area contributed by atoms with Crippen LogP contribution in [-0.4, -0.2) is 29.9 Å². The van der Waals surface area contributed by atoms with Gasteiger partial charge < -0.3 is 4.90 Å². The lowest BCUT2D eigenvalue weighted by Gasteiger charge is -2.06. The van der Waals surface area contributed by atoms with Crippen LogP contribution in [0.1, 0.15) is 9.67 Å². The topological polar surface area (TPSA) is 33.2 Å². The van der Waals surface area contributed by atoms with Crippen molar-refractivity contribution in [2.75, 3.05) is 14.1 Å². The SMILES string of the molecule is CN(C)C(=O)c1cc2ccncc2s1. The maximum absolute atomic E-state index is 11.6. The van der Waals surface area contributed by atoms with Gasteiger partial charge in [0.2, 0.25) is 0 Å². The summed E-state index contributed by atoms with van der Waals surface area (Å²) in [4.78, 5) is 18.0. The zero-order valence-corrected chi connectivity index (χ0v) is 8.84. The second-order valence-electron chi connectivity index (χ2n) is 3.22. The van der Waals surface area contributed by atoms with Gasteiger partial charge in [0.1, 0.15) is 0 Å². The third-order valence-electron chi connectivity index (χ3n) is 1.94. The van der Waals surface area contributed by atoms with Crippen molar-refractivity contribution in [3.63, 3.8) is 0 Å². The van der Waals surface area contributed by atoms with Crippen LogP contribution in [0.5, 0.6) is 0 Å². The molecule has 0 fully saturated rings. The number of carbonyl (C=O) groups is 1. The molecule has 2 heterocycles. The zero-order valence-electron chi connectivity index (χ0n) is 8.02. The molecule has 0 saturated heterocycles. The van der Waals surface area contributed by atoms with Gasteiger partial charge in [0.15, 0.2) is 0 Å². The number of fused-ring (bicyclic) bond motifs is 1. The fraction of sp³-hybridized carbons (Fsp3) is 0.200. The van der Waals surface area contributed by atoms with Crippen molar-refractivity contribution >= 4 is 27.3 Å². The Bertz CT molecular complexity index is 443. The Hall–Kier alpha value is -1.42. The summed E-state index contributed by atoms with van der Waals surface area (Å²) in [5, 5.41) is 1.08. The molecule has 0 atom stereocenters. The van der Waals surface area contributed by atoms with Crippen LogP contribution in [0.25, 0.3) is 10.1 Å². The molecule has 0 spiro atoms. The van der Waals surface area contributed by atoms with Gasteiger partial charge in [-0.25, -0.2) is 0 Å². The first-order chi connectivity index (χ1) is 6.68. The van der Waals surface area contributed by atoms with E-state index >= 15 is 0 Å². The first-order valence-corrected chi connectivity index (χ1v) is 5.05. The maximum atomic E-state index is 11.6. The van der Waals surface area contributed by atoms with Gasteiger partial charge in [-0.3, -0.25) is 9.78 Å². The summed E-state index contributed by atoms with van der Waals surface area (Å²) in [6.07, 6.45) is 3.52. The molecule has 4 heteroatoms. The molecule has 0 aliphatic carbocycles. The van der Waals surface area contributed by atoms with Crippen molar-refractivity contribution in [3.05, 3.63) is 29.4 Å². The van der Waals surface area contributed by atoms with E-state index in [1.807, 2.05) is 12.1 Å². The average molecular weight is 206 g/mol. The number of rotatable bonds is 1. The molecule has 0 unspecified atom stereocenters. The van der Waals surface area contributed by atoms with Gasteiger partial charge in [0, 0.05) is 26.5 Å². The minimum atomic E-state index is 0.0474. The molecule has 0 aliphatic heterocycles. The molecule has 0 bridgehead atoms. The van der Waals surface area contributed by atoms with Crippen molar-refractivity contribution in [2.45, 2.75) is 0 Å². The Labute approximate surface area is 86.0 Å². The standard InChI is InChI=1S/C10H10N2OS/c1-12(2)10(13)8-5-7-3-4-11-6-9(7)14-8/h3-6H,1-2H3. The summed E-state index contributed by atoms with van der Waals surface area (Å²) >= 11 is 1.48. The largest absolute Gasteiger partial charge is 0.344 e. The third-order valence-corrected chi connectivity index (χ3v) is 3.01. The molecule has 72 valence electrons. The highest BCUT2D eigenvalue weighted by molar-refractivity contribution is 7.20. The zero-order chi connectivity index (χ0) is 10.1. The van der Waals surface area contributed by atoms with E-state index in [1.54, 1.807) is 31.4 Å². The number of thiophene rings is 1. The van der Waals surface area contributed by atoms with E-state index in [1.165, 1.54) is 11.3 Å². The molecule has 0 N–H and O–H groups in total. The Morgan fingerprint density at radius 3 is 2.93 bits per heavy atom. The number of amides is 1. The number of aromatic nitrogens is 1. The van der Waals surface area contributed by atoms with E-state index in [2.05, 4.69) is 4.98 Å². The van der Waals surface area contributed by atoms with Crippen molar-refractivity contribution < 1.29 is 4.79 Å². The number of hydrogen-bond acceptors (Lipinski definition) is 3. The lowest BCUT2D eigenvalue weighted by Crippen LogP contribution is -2.20. The monoisotopic (exact) mass is 206 g/mol. The van der Waals surface area contributed by atoms with Crippen LogP contribution < -0.4 is 0 Å². The number of nitrogens with zero attached hydrogens (tertiary/aromatic N) is 2. The second-order valence-corrected chi connectivity index (χ2v) is 4.31. The van der Waals surface area contributed by atoms with E-state index in [0.717, 1.165) is 15.0 Å². The molecular formula is C10H10N2OS. The van der Waals surface area contributed by atoms with Crippen molar-refractivity contribution in [1.29, 1.82) is 0 Å². The van der Waals surface area contributed by atoms with Crippen LogP contribution in [0.2, 0.25) is 0 Å². The van der Waals surface area contributed by atoms with E-state index in [9.17, 15) is 4.79 Å². The van der Waals surface area contributed by atoms with Crippen LogP contribution in [-0.2, 0) is 0 Å². The molecule has 0 aromatic carbocycles. The van der Waals surface area contributed by atoms with Gasteiger partial charge in [0.05, 0.1) is 9.58 Å². The molecule has 2 aromatic rings. The molecule has 3 nitrogen and oxygen atoms in total. The molecule has 0 radical (unpaired) electrons. The van der Waals surface area contributed by atoms with E-state index in [4.69, 9.17) is 0 Å². The predicted octanol–water partition coefficient (Wildman–Crippen LogP) is 2.00. The first-order valence-electron chi connectivity index (χ1n) is 4.23. The maximum Gasteiger partial charge on any atom is 0.263 e. The lowest BCUT2D eigenvalue weighted by atomic mass is 10.3. The number of pyridine rings is 1. The molecule has 2 aromatic heterocycles. The smallest absolute Gasteiger partial charge is 0.263 e. The van der Waals surface area contributed by atoms with Crippen LogP contribution in [0.4, 0.5) is 0 Å². The highest BCUT2D eigenvalue weighted by Crippen LogP contribution is 2.24. The fourth-order valence-electron chi connectivity index (χ4n) is 1.21. The van der Waals surface area contributed by atoms with E-state index in [0.29, 0.717) is 0 Å². The van der Waals surface area contributed by atoms with Gasteiger partial charge >= 0.3 is 0 Å². The molecule has 1 amide bonds. The summed E-state index contributed by atoms with van der Waals surface area (Å²) < 4.78 is 1.05. The summed E-state index contributed by atoms with van der Waals surface area (Å²) in [6.45, 7) is 0. The van der Waals surface area contributed by atoms with E-state index < -0.39 is 0 Å². The summed E-state index contributed by atoms with van der Waals surface area (Å²) in [7, 11) is 3.51. The normalized spacial score (nSPS) is 10.4. The van der Waals surface area contributed by atoms with Gasteiger partial charge in [-0.1, -0.05) is 0 Å². The molecule has 0 saturated carbocycles. The Morgan fingerprint density at radius 1 is 1.50 bits per heavy atom. The predicted molar refractivity (Wildman–Crippen MR) is 57.6 cm³/mol. The summed E-state index contributed by atoms with van der Waals surface area (Å²) in [5.74, 6) is 0.0474. The number of hydrogen-bond donors (Lipinski definition) is 0. The average Bonchev–Trinajstić information content (AvgIpc) is 2.59. The molecular weight excluding hydrogens is 196 g/mol. The summed E-state index contributed by atoms with van der Waals surface area (Å²) in [5.41, 5.74) is 0. The van der Waals surface area contributed by atoms with Gasteiger partial charge in [0.25, 0.3) is 5.91 Å². The number of carbonyl (C=O) groups excluding carboxylic acids is 1. The minimum absolute atomic E-state index is 0.0474. The molecule has 2 rings (SSSR count). The van der Waals surface area contributed by atoms with Gasteiger partial charge in [-0.15, -0.1) is 11.3 Å². The fourth-order valence-corrected chi connectivity index (χ4v) is 2.26. The Balaban J connectivity index is 2.50. The highest BCUT2D eigenvalue weighted by Gasteiger charge is 2.11. The van der Waals surface area contributed by atoms with Gasteiger partial charge in [-0.2, -0.15) is 0 Å². The summed E-state index contributed by atoms with van der Waals surface area (Å²) in [6, 6.07) is 3.82. The Kier molecular flexibility index (Phi) is 2.21. The second kappa shape index (κ2) is 3.38. The van der Waals surface area contributed by atoms with Crippen molar-refractivity contribution in [1.82, 2.24) is 9.88 Å². The van der Waals surface area contributed by atoms with Gasteiger partial charge in [-0.05, 0) is 17.5 Å². The lowest BCUT2D eigenvalue weighted by molar-refractivity contribution is 0.0832. The highest BCUT2D eigenvalue weighted by atomic mass is 32.1. The quantitative estimate of drug-likeness (QED) is 0.715. The van der Waals surface area contributed by atoms with E-state index in [-0.39, 0.29) is 5.91 Å². The van der Waals surface area contributed by atoms with Crippen molar-refractivity contribution in [2.24, 2.45) is 0 Å². The van der Waals surface area contributed by atoms with Crippen LogP contribution >= 0.6 is 11.3 Å². The molecule has 0 aliphatic rings. The first kappa shape index (κ1) is 9.15. The Morgan fingerprint density at radius 2 is 2.29 bits per heavy atom. The van der Waals surface area contributed by atoms with Crippen molar-refractivity contribution in [3.8, 4) is 0 Å². The van der Waals surface area contributed by atoms with Crippen LogP contribution in [0, 0.1) is 0 Å². The van der Waals surface area contributed by atoms with Crippen LogP contribution in [0.3, 0.4) is 0 Å².